The maximum absolute atomic E-state index is 11.7. The summed E-state index contributed by atoms with van der Waals surface area (Å²) >= 11 is 3.47. The third-order valence-corrected chi connectivity index (χ3v) is 3.55. The first-order chi connectivity index (χ1) is 7.77. The number of amides is 2. The van der Waals surface area contributed by atoms with Gasteiger partial charge in [0.15, 0.2) is 0 Å². The predicted molar refractivity (Wildman–Crippen MR) is 67.2 cm³/mol. The first kappa shape index (κ1) is 11.5. The van der Waals surface area contributed by atoms with E-state index in [1.165, 1.54) is 0 Å². The van der Waals surface area contributed by atoms with Crippen LogP contribution in [0.15, 0.2) is 28.7 Å². The van der Waals surface area contributed by atoms with Gasteiger partial charge in [-0.25, -0.2) is 4.79 Å². The van der Waals surface area contributed by atoms with E-state index >= 15 is 0 Å². The number of benzene rings is 1. The molecule has 1 saturated heterocycles. The van der Waals surface area contributed by atoms with E-state index in [0.29, 0.717) is 6.54 Å². The van der Waals surface area contributed by atoms with Gasteiger partial charge < -0.3 is 10.2 Å². The molecule has 3 nitrogen and oxygen atoms in total. The molecule has 1 heterocycles. The summed E-state index contributed by atoms with van der Waals surface area (Å²) < 4.78 is 1.04. The zero-order valence-corrected chi connectivity index (χ0v) is 10.7. The van der Waals surface area contributed by atoms with E-state index in [0.717, 1.165) is 36.0 Å². The van der Waals surface area contributed by atoms with E-state index in [2.05, 4.69) is 21.2 Å². The number of likely N-dealkylation sites (tertiary alicyclic amines) is 1. The molecule has 0 spiro atoms. The molecule has 86 valence electrons. The zero-order chi connectivity index (χ0) is 11.4. The molecule has 2 amide bonds. The second-order valence-corrected chi connectivity index (χ2v) is 4.80. The van der Waals surface area contributed by atoms with Gasteiger partial charge in [0.05, 0.1) is 0 Å². The Morgan fingerprint density at radius 1 is 1.31 bits per heavy atom. The highest BCUT2D eigenvalue weighted by Gasteiger charge is 2.17. The Hall–Kier alpha value is -1.03. The number of halogens is 1. The van der Waals surface area contributed by atoms with Crippen LogP contribution in [0.3, 0.4) is 0 Å². The first-order valence-electron chi connectivity index (χ1n) is 5.53. The van der Waals surface area contributed by atoms with Gasteiger partial charge in [-0.2, -0.15) is 0 Å². The number of hydrogen-bond donors (Lipinski definition) is 1. The molecule has 1 aliphatic rings. The summed E-state index contributed by atoms with van der Waals surface area (Å²) in [4.78, 5) is 13.6. The third-order valence-electron chi connectivity index (χ3n) is 2.78. The van der Waals surface area contributed by atoms with Crippen molar-refractivity contribution in [2.45, 2.75) is 19.4 Å². The molecule has 1 aromatic rings. The number of carbonyl (C=O) groups is 1. The van der Waals surface area contributed by atoms with Crippen molar-refractivity contribution < 1.29 is 4.79 Å². The smallest absolute Gasteiger partial charge is 0.317 e. The van der Waals surface area contributed by atoms with Crippen LogP contribution in [0.4, 0.5) is 4.79 Å². The van der Waals surface area contributed by atoms with Crippen LogP contribution in [0, 0.1) is 0 Å². The highest BCUT2D eigenvalue weighted by atomic mass is 79.9. The van der Waals surface area contributed by atoms with Gasteiger partial charge in [-0.15, -0.1) is 0 Å². The second-order valence-electron chi connectivity index (χ2n) is 3.94. The van der Waals surface area contributed by atoms with E-state index in [4.69, 9.17) is 0 Å². The van der Waals surface area contributed by atoms with Crippen LogP contribution in [0.5, 0.6) is 0 Å². The molecule has 2 rings (SSSR count). The normalized spacial score (nSPS) is 15.2. The Morgan fingerprint density at radius 2 is 2.00 bits per heavy atom. The van der Waals surface area contributed by atoms with Crippen LogP contribution in [0.2, 0.25) is 0 Å². The van der Waals surface area contributed by atoms with Crippen LogP contribution in [0.25, 0.3) is 0 Å². The summed E-state index contributed by atoms with van der Waals surface area (Å²) in [6, 6.07) is 7.98. The van der Waals surface area contributed by atoms with Crippen molar-refractivity contribution in [2.75, 3.05) is 13.1 Å². The third kappa shape index (κ3) is 2.76. The van der Waals surface area contributed by atoms with Gasteiger partial charge >= 0.3 is 6.03 Å². The average molecular weight is 283 g/mol. The second kappa shape index (κ2) is 5.34. The molecule has 16 heavy (non-hydrogen) atoms. The van der Waals surface area contributed by atoms with Gasteiger partial charge in [-0.3, -0.25) is 0 Å². The Bertz CT molecular complexity index is 375. The van der Waals surface area contributed by atoms with Crippen molar-refractivity contribution in [2.24, 2.45) is 0 Å². The van der Waals surface area contributed by atoms with Crippen LogP contribution in [0.1, 0.15) is 18.4 Å². The van der Waals surface area contributed by atoms with Gasteiger partial charge in [0.25, 0.3) is 0 Å². The van der Waals surface area contributed by atoms with E-state index in [1.807, 2.05) is 29.2 Å². The fourth-order valence-electron chi connectivity index (χ4n) is 1.84. The largest absolute Gasteiger partial charge is 0.334 e. The lowest BCUT2D eigenvalue weighted by molar-refractivity contribution is 0.208. The molecule has 0 aliphatic carbocycles. The van der Waals surface area contributed by atoms with Crippen molar-refractivity contribution in [1.29, 1.82) is 0 Å². The van der Waals surface area contributed by atoms with Gasteiger partial charge in [0, 0.05) is 24.1 Å². The average Bonchev–Trinajstić information content (AvgIpc) is 2.81. The van der Waals surface area contributed by atoms with Crippen molar-refractivity contribution >= 4 is 22.0 Å². The maximum atomic E-state index is 11.7. The van der Waals surface area contributed by atoms with Crippen LogP contribution < -0.4 is 5.32 Å². The summed E-state index contributed by atoms with van der Waals surface area (Å²) in [5.74, 6) is 0. The fraction of sp³-hybridized carbons (Fsp3) is 0.417. The van der Waals surface area contributed by atoms with Crippen molar-refractivity contribution in [3.05, 3.63) is 34.3 Å². The number of urea groups is 1. The number of rotatable bonds is 2. The molecule has 4 heteroatoms. The van der Waals surface area contributed by atoms with Crippen molar-refractivity contribution in [3.63, 3.8) is 0 Å². The van der Waals surface area contributed by atoms with Crippen LogP contribution in [-0.4, -0.2) is 24.0 Å². The Morgan fingerprint density at radius 3 is 2.69 bits per heavy atom. The Balaban J connectivity index is 1.87. The SMILES string of the molecule is O=C(NCc1ccccc1Br)N1CCCC1. The number of carbonyl (C=O) groups excluding carboxylic acids is 1. The Kier molecular flexibility index (Phi) is 3.83. The van der Waals surface area contributed by atoms with Crippen LogP contribution in [-0.2, 0) is 6.54 Å². The summed E-state index contributed by atoms with van der Waals surface area (Å²) in [7, 11) is 0. The number of hydrogen-bond acceptors (Lipinski definition) is 1. The van der Waals surface area contributed by atoms with E-state index in [9.17, 15) is 4.79 Å². The topological polar surface area (TPSA) is 32.3 Å². The first-order valence-corrected chi connectivity index (χ1v) is 6.33. The summed E-state index contributed by atoms with van der Waals surface area (Å²) in [5, 5.41) is 2.94. The zero-order valence-electron chi connectivity index (χ0n) is 9.08. The van der Waals surface area contributed by atoms with Gasteiger partial charge in [-0.05, 0) is 24.5 Å². The molecule has 0 atom stereocenters. The fourth-order valence-corrected chi connectivity index (χ4v) is 2.27. The number of nitrogens with one attached hydrogen (secondary N) is 1. The van der Waals surface area contributed by atoms with E-state index < -0.39 is 0 Å². The molecular formula is C12H15BrN2O. The van der Waals surface area contributed by atoms with Crippen LogP contribution >= 0.6 is 15.9 Å². The molecule has 0 unspecified atom stereocenters. The van der Waals surface area contributed by atoms with Crippen molar-refractivity contribution in [1.82, 2.24) is 10.2 Å². The Labute approximate surface area is 104 Å². The molecule has 1 fully saturated rings. The molecule has 0 saturated carbocycles. The molecule has 1 N–H and O–H groups in total. The van der Waals surface area contributed by atoms with Gasteiger partial charge in [0.2, 0.25) is 0 Å². The minimum absolute atomic E-state index is 0.0493. The van der Waals surface area contributed by atoms with Crippen molar-refractivity contribution in [3.8, 4) is 0 Å². The van der Waals surface area contributed by atoms with Gasteiger partial charge in [0.1, 0.15) is 0 Å². The lowest BCUT2D eigenvalue weighted by Crippen LogP contribution is -2.37. The molecule has 0 aromatic heterocycles. The molecule has 0 bridgehead atoms. The maximum Gasteiger partial charge on any atom is 0.317 e. The van der Waals surface area contributed by atoms with E-state index in [-0.39, 0.29) is 6.03 Å². The minimum atomic E-state index is 0.0493. The molecule has 1 aliphatic heterocycles. The lowest BCUT2D eigenvalue weighted by Gasteiger charge is -2.16. The van der Waals surface area contributed by atoms with E-state index in [1.54, 1.807) is 0 Å². The highest BCUT2D eigenvalue weighted by Crippen LogP contribution is 2.15. The highest BCUT2D eigenvalue weighted by molar-refractivity contribution is 9.10. The molecule has 0 radical (unpaired) electrons. The van der Waals surface area contributed by atoms with Gasteiger partial charge in [-0.1, -0.05) is 34.1 Å². The lowest BCUT2D eigenvalue weighted by atomic mass is 10.2. The standard InChI is InChI=1S/C12H15BrN2O/c13-11-6-2-1-5-10(11)9-14-12(16)15-7-3-4-8-15/h1-2,5-6H,3-4,7-9H2,(H,14,16). The summed E-state index contributed by atoms with van der Waals surface area (Å²) in [6.45, 7) is 2.36. The minimum Gasteiger partial charge on any atom is -0.334 e. The molecular weight excluding hydrogens is 268 g/mol. The number of nitrogens with zero attached hydrogens (tertiary/aromatic N) is 1. The monoisotopic (exact) mass is 282 g/mol. The predicted octanol–water partition coefficient (Wildman–Crippen LogP) is 2.75. The quantitative estimate of drug-likeness (QED) is 0.889. The summed E-state index contributed by atoms with van der Waals surface area (Å²) in [6.07, 6.45) is 2.25. The molecule has 1 aromatic carbocycles. The summed E-state index contributed by atoms with van der Waals surface area (Å²) in [5.41, 5.74) is 1.11.